The van der Waals surface area contributed by atoms with Gasteiger partial charge in [0, 0.05) is 19.6 Å². The molecule has 4 heteroatoms. The van der Waals surface area contributed by atoms with Gasteiger partial charge in [0.1, 0.15) is 0 Å². The summed E-state index contributed by atoms with van der Waals surface area (Å²) in [4.78, 5) is 8.69. The summed E-state index contributed by atoms with van der Waals surface area (Å²) in [5.41, 5.74) is 0. The van der Waals surface area contributed by atoms with Crippen LogP contribution in [0.1, 0.15) is 20.3 Å². The predicted molar refractivity (Wildman–Crippen MR) is 39.8 cm³/mol. The van der Waals surface area contributed by atoms with Crippen molar-refractivity contribution in [3.05, 3.63) is 0 Å². The Morgan fingerprint density at radius 3 is 1.73 bits per heavy atom. The lowest BCUT2D eigenvalue weighted by molar-refractivity contribution is -0.532. The van der Waals surface area contributed by atoms with Gasteiger partial charge in [0.15, 0.2) is 0 Å². The van der Waals surface area contributed by atoms with Crippen molar-refractivity contribution in [1.82, 2.24) is 0 Å². The SMILES string of the molecule is C1COOOC1.CCOCC. The number of hydrogen-bond acceptors (Lipinski definition) is 4. The van der Waals surface area contributed by atoms with Crippen molar-refractivity contribution in [1.29, 1.82) is 0 Å². The van der Waals surface area contributed by atoms with Crippen LogP contribution in [-0.2, 0) is 19.6 Å². The highest BCUT2D eigenvalue weighted by Gasteiger charge is 1.96. The fourth-order valence-electron chi connectivity index (χ4n) is 0.483. The van der Waals surface area contributed by atoms with Crippen LogP contribution in [0.2, 0.25) is 0 Å². The summed E-state index contributed by atoms with van der Waals surface area (Å²) in [5.74, 6) is 0. The van der Waals surface area contributed by atoms with Crippen molar-refractivity contribution in [2.45, 2.75) is 20.3 Å². The van der Waals surface area contributed by atoms with E-state index in [4.69, 9.17) is 4.74 Å². The standard InChI is InChI=1S/C4H10O.C3H6O3/c1-3-5-4-2;1-2-4-6-5-3-1/h3-4H2,1-2H3;1-3H2. The molecule has 0 spiro atoms. The van der Waals surface area contributed by atoms with Crippen molar-refractivity contribution >= 4 is 0 Å². The van der Waals surface area contributed by atoms with E-state index >= 15 is 0 Å². The van der Waals surface area contributed by atoms with Gasteiger partial charge < -0.3 is 4.74 Å². The Kier molecular flexibility index (Phi) is 9.70. The average molecular weight is 164 g/mol. The minimum absolute atomic E-state index is 0.653. The molecule has 0 aromatic heterocycles. The van der Waals surface area contributed by atoms with E-state index in [1.54, 1.807) is 0 Å². The third-order valence-corrected chi connectivity index (χ3v) is 0.960. The molecule has 0 atom stereocenters. The van der Waals surface area contributed by atoms with Crippen LogP contribution in [0, 0.1) is 0 Å². The molecule has 1 saturated heterocycles. The van der Waals surface area contributed by atoms with Crippen molar-refractivity contribution in [2.24, 2.45) is 0 Å². The van der Waals surface area contributed by atoms with Gasteiger partial charge in [-0.1, -0.05) is 5.04 Å². The molecule has 1 rings (SSSR count). The minimum atomic E-state index is 0.653. The zero-order chi connectivity index (χ0) is 8.36. The van der Waals surface area contributed by atoms with E-state index in [2.05, 4.69) is 14.8 Å². The molecule has 1 heterocycles. The normalized spacial score (nSPS) is 16.9. The number of ether oxygens (including phenoxy) is 1. The quantitative estimate of drug-likeness (QED) is 0.577. The van der Waals surface area contributed by atoms with E-state index in [-0.39, 0.29) is 0 Å². The summed E-state index contributed by atoms with van der Waals surface area (Å²) in [7, 11) is 0. The van der Waals surface area contributed by atoms with Gasteiger partial charge >= 0.3 is 0 Å². The van der Waals surface area contributed by atoms with Gasteiger partial charge in [-0.15, -0.1) is 0 Å². The molecule has 0 radical (unpaired) electrons. The summed E-state index contributed by atoms with van der Waals surface area (Å²) in [6.45, 7) is 6.97. The van der Waals surface area contributed by atoms with Gasteiger partial charge in [-0.2, -0.15) is 0 Å². The van der Waals surface area contributed by atoms with Gasteiger partial charge in [-0.3, -0.25) is 0 Å². The highest BCUT2D eigenvalue weighted by Crippen LogP contribution is 1.93. The molecule has 1 fully saturated rings. The maximum Gasteiger partial charge on any atom is 0.0877 e. The van der Waals surface area contributed by atoms with Crippen LogP contribution < -0.4 is 0 Å². The number of rotatable bonds is 2. The van der Waals surface area contributed by atoms with Crippen LogP contribution in [0.4, 0.5) is 0 Å². The maximum absolute atomic E-state index is 4.83. The molecule has 0 N–H and O–H groups in total. The zero-order valence-corrected chi connectivity index (χ0v) is 7.17. The van der Waals surface area contributed by atoms with Crippen molar-refractivity contribution in [3.8, 4) is 0 Å². The molecule has 0 amide bonds. The summed E-state index contributed by atoms with van der Waals surface area (Å²) < 4.78 is 4.83. The molecule has 1 aliphatic rings. The van der Waals surface area contributed by atoms with E-state index in [0.29, 0.717) is 13.2 Å². The zero-order valence-electron chi connectivity index (χ0n) is 7.17. The number of hydrogen-bond donors (Lipinski definition) is 0. The molecule has 0 saturated carbocycles. The molecule has 4 nitrogen and oxygen atoms in total. The Hall–Kier alpha value is -0.160. The van der Waals surface area contributed by atoms with Crippen LogP contribution in [0.5, 0.6) is 0 Å². The van der Waals surface area contributed by atoms with Gasteiger partial charge in [-0.05, 0) is 13.8 Å². The minimum Gasteiger partial charge on any atom is -0.382 e. The largest absolute Gasteiger partial charge is 0.382 e. The summed E-state index contributed by atoms with van der Waals surface area (Å²) in [5, 5.41) is 4.07. The monoisotopic (exact) mass is 164 g/mol. The predicted octanol–water partition coefficient (Wildman–Crippen LogP) is 1.31. The fraction of sp³-hybridized carbons (Fsp3) is 1.00. The Bertz CT molecular complexity index is 50.0. The highest BCUT2D eigenvalue weighted by molar-refractivity contribution is 4.28. The molecule has 11 heavy (non-hydrogen) atoms. The van der Waals surface area contributed by atoms with E-state index in [1.165, 1.54) is 0 Å². The lowest BCUT2D eigenvalue weighted by Crippen LogP contribution is -2.08. The second kappa shape index (κ2) is 9.84. The summed E-state index contributed by atoms with van der Waals surface area (Å²) in [6.07, 6.45) is 0.931. The first-order valence-corrected chi connectivity index (χ1v) is 3.90. The average Bonchev–Trinajstić information content (AvgIpc) is 2.10. The molecule has 0 unspecified atom stereocenters. The molecule has 68 valence electrons. The fourth-order valence-corrected chi connectivity index (χ4v) is 0.483. The first-order chi connectivity index (χ1) is 5.41. The van der Waals surface area contributed by atoms with Crippen LogP contribution in [0.25, 0.3) is 0 Å². The second-order valence-corrected chi connectivity index (χ2v) is 1.85. The van der Waals surface area contributed by atoms with Crippen LogP contribution in [-0.4, -0.2) is 26.4 Å². The molecule has 0 aromatic rings. The van der Waals surface area contributed by atoms with Crippen molar-refractivity contribution < 1.29 is 19.6 Å². The Labute approximate surface area is 67.2 Å². The van der Waals surface area contributed by atoms with E-state index in [1.807, 2.05) is 13.8 Å². The highest BCUT2D eigenvalue weighted by atomic mass is 17.5. The Morgan fingerprint density at radius 2 is 1.64 bits per heavy atom. The molecule has 1 aliphatic heterocycles. The van der Waals surface area contributed by atoms with Crippen molar-refractivity contribution in [3.63, 3.8) is 0 Å². The maximum atomic E-state index is 4.83. The van der Waals surface area contributed by atoms with Gasteiger partial charge in [-0.25, -0.2) is 9.78 Å². The summed E-state index contributed by atoms with van der Waals surface area (Å²) in [6, 6.07) is 0. The molecular weight excluding hydrogens is 148 g/mol. The Morgan fingerprint density at radius 1 is 1.09 bits per heavy atom. The van der Waals surface area contributed by atoms with E-state index in [0.717, 1.165) is 19.6 Å². The van der Waals surface area contributed by atoms with Gasteiger partial charge in [0.05, 0.1) is 13.2 Å². The van der Waals surface area contributed by atoms with Crippen LogP contribution in [0.15, 0.2) is 0 Å². The topological polar surface area (TPSA) is 36.9 Å². The van der Waals surface area contributed by atoms with Crippen LogP contribution >= 0.6 is 0 Å². The molecular formula is C7H16O4. The van der Waals surface area contributed by atoms with Gasteiger partial charge in [0.2, 0.25) is 0 Å². The van der Waals surface area contributed by atoms with Crippen LogP contribution in [0.3, 0.4) is 0 Å². The third-order valence-electron chi connectivity index (χ3n) is 0.960. The van der Waals surface area contributed by atoms with E-state index in [9.17, 15) is 0 Å². The molecule has 0 aliphatic carbocycles. The van der Waals surface area contributed by atoms with Gasteiger partial charge in [0.25, 0.3) is 0 Å². The smallest absolute Gasteiger partial charge is 0.0877 e. The molecule has 0 aromatic carbocycles. The van der Waals surface area contributed by atoms with Crippen molar-refractivity contribution in [2.75, 3.05) is 26.4 Å². The second-order valence-electron chi connectivity index (χ2n) is 1.85. The van der Waals surface area contributed by atoms with E-state index < -0.39 is 0 Å². The summed E-state index contributed by atoms with van der Waals surface area (Å²) >= 11 is 0. The lowest BCUT2D eigenvalue weighted by Gasteiger charge is -2.06. The first-order valence-electron chi connectivity index (χ1n) is 3.90. The first kappa shape index (κ1) is 10.8. The third kappa shape index (κ3) is 9.84. The Balaban J connectivity index is 0.000000187. The lowest BCUT2D eigenvalue weighted by atomic mass is 10.5. The molecule has 0 bridgehead atoms.